The van der Waals surface area contributed by atoms with Gasteiger partial charge < -0.3 is 14.4 Å². The van der Waals surface area contributed by atoms with Crippen molar-refractivity contribution in [1.29, 1.82) is 0 Å². The molecule has 0 unspecified atom stereocenters. The Bertz CT molecular complexity index is 378. The summed E-state index contributed by atoms with van der Waals surface area (Å²) < 4.78 is 10.6. The van der Waals surface area contributed by atoms with Crippen LogP contribution >= 0.6 is 0 Å². The van der Waals surface area contributed by atoms with E-state index in [-0.39, 0.29) is 0 Å². The first-order valence-corrected chi connectivity index (χ1v) is 5.45. The van der Waals surface area contributed by atoms with Crippen LogP contribution in [-0.2, 0) is 0 Å². The molecule has 3 heteroatoms. The summed E-state index contributed by atoms with van der Waals surface area (Å²) in [6, 6.07) is 5.72. The van der Waals surface area contributed by atoms with Crippen LogP contribution in [0, 0.1) is 0 Å². The lowest BCUT2D eigenvalue weighted by atomic mass is 10.2. The topological polar surface area (TPSA) is 21.7 Å². The molecule has 0 saturated heterocycles. The Kier molecular flexibility index (Phi) is 5.14. The van der Waals surface area contributed by atoms with E-state index in [1.54, 1.807) is 14.2 Å². The molecule has 0 heterocycles. The van der Waals surface area contributed by atoms with Gasteiger partial charge in [-0.1, -0.05) is 12.2 Å². The van der Waals surface area contributed by atoms with E-state index >= 15 is 0 Å². The minimum absolute atomic E-state index is 0.732. The molecule has 3 nitrogen and oxygen atoms in total. The highest BCUT2D eigenvalue weighted by molar-refractivity contribution is 5.62. The predicted molar refractivity (Wildman–Crippen MR) is 72.2 cm³/mol. The molecule has 0 saturated carbocycles. The summed E-state index contributed by atoms with van der Waals surface area (Å²) >= 11 is 0. The number of anilines is 1. The van der Waals surface area contributed by atoms with Crippen LogP contribution < -0.4 is 14.4 Å². The molecule has 92 valence electrons. The van der Waals surface area contributed by atoms with E-state index in [9.17, 15) is 0 Å². The van der Waals surface area contributed by atoms with Gasteiger partial charge in [0.1, 0.15) is 11.5 Å². The van der Waals surface area contributed by atoms with E-state index in [2.05, 4.69) is 18.1 Å². The van der Waals surface area contributed by atoms with Gasteiger partial charge in [-0.15, -0.1) is 13.2 Å². The van der Waals surface area contributed by atoms with Crippen LogP contribution in [0.4, 0.5) is 5.69 Å². The van der Waals surface area contributed by atoms with Gasteiger partial charge in [-0.3, -0.25) is 0 Å². The molecule has 0 fully saturated rings. The van der Waals surface area contributed by atoms with Crippen molar-refractivity contribution in [1.82, 2.24) is 0 Å². The molecule has 1 aromatic rings. The van der Waals surface area contributed by atoms with Gasteiger partial charge in [-0.05, 0) is 12.1 Å². The fourth-order valence-electron chi connectivity index (χ4n) is 1.63. The Morgan fingerprint density at radius 1 is 1.12 bits per heavy atom. The maximum atomic E-state index is 5.35. The predicted octanol–water partition coefficient (Wildman–Crippen LogP) is 2.88. The molecular weight excluding hydrogens is 214 g/mol. The van der Waals surface area contributed by atoms with E-state index in [4.69, 9.17) is 9.47 Å². The summed E-state index contributed by atoms with van der Waals surface area (Å²) in [4.78, 5) is 2.11. The van der Waals surface area contributed by atoms with Crippen LogP contribution in [0.1, 0.15) is 0 Å². The lowest BCUT2D eigenvalue weighted by Gasteiger charge is -2.24. The van der Waals surface area contributed by atoms with Gasteiger partial charge in [0, 0.05) is 19.2 Å². The molecule has 0 N–H and O–H groups in total. The Balaban J connectivity index is 3.12. The quantitative estimate of drug-likeness (QED) is 0.676. The zero-order valence-corrected chi connectivity index (χ0v) is 10.5. The van der Waals surface area contributed by atoms with Crippen molar-refractivity contribution in [3.63, 3.8) is 0 Å². The van der Waals surface area contributed by atoms with E-state index < -0.39 is 0 Å². The largest absolute Gasteiger partial charge is 0.497 e. The average Bonchev–Trinajstić information content (AvgIpc) is 2.37. The summed E-state index contributed by atoms with van der Waals surface area (Å²) in [5, 5.41) is 0. The summed E-state index contributed by atoms with van der Waals surface area (Å²) in [5.41, 5.74) is 0.978. The van der Waals surface area contributed by atoms with E-state index in [0.717, 1.165) is 30.3 Å². The zero-order valence-electron chi connectivity index (χ0n) is 10.5. The van der Waals surface area contributed by atoms with Gasteiger partial charge in [0.15, 0.2) is 0 Å². The molecule has 0 amide bonds. The van der Waals surface area contributed by atoms with Crippen molar-refractivity contribution in [3.05, 3.63) is 43.5 Å². The average molecular weight is 233 g/mol. The SMILES string of the molecule is C=CCN(CC=C)c1cc(OC)ccc1OC. The number of ether oxygens (including phenoxy) is 2. The number of nitrogens with zero attached hydrogens (tertiary/aromatic N) is 1. The first-order valence-electron chi connectivity index (χ1n) is 5.45. The minimum atomic E-state index is 0.732. The first kappa shape index (κ1) is 13.2. The van der Waals surface area contributed by atoms with Crippen molar-refractivity contribution in [2.45, 2.75) is 0 Å². The van der Waals surface area contributed by atoms with E-state index in [1.807, 2.05) is 30.4 Å². The molecule has 0 atom stereocenters. The lowest BCUT2D eigenvalue weighted by Crippen LogP contribution is -2.23. The van der Waals surface area contributed by atoms with Crippen molar-refractivity contribution in [2.24, 2.45) is 0 Å². The maximum absolute atomic E-state index is 5.35. The Hall–Kier alpha value is -1.90. The fourth-order valence-corrected chi connectivity index (χ4v) is 1.63. The van der Waals surface area contributed by atoms with Crippen molar-refractivity contribution in [3.8, 4) is 11.5 Å². The Morgan fingerprint density at radius 3 is 2.24 bits per heavy atom. The highest BCUT2D eigenvalue weighted by Crippen LogP contribution is 2.32. The van der Waals surface area contributed by atoms with Gasteiger partial charge in [-0.2, -0.15) is 0 Å². The number of hydrogen-bond donors (Lipinski definition) is 0. The molecule has 0 bridgehead atoms. The molecule has 1 rings (SSSR count). The summed E-state index contributed by atoms with van der Waals surface area (Å²) in [7, 11) is 3.31. The molecule has 1 aromatic carbocycles. The highest BCUT2D eigenvalue weighted by Gasteiger charge is 2.11. The third kappa shape index (κ3) is 3.28. The molecule has 0 spiro atoms. The second kappa shape index (κ2) is 6.63. The van der Waals surface area contributed by atoms with Gasteiger partial charge in [0.25, 0.3) is 0 Å². The zero-order chi connectivity index (χ0) is 12.7. The van der Waals surface area contributed by atoms with Crippen LogP contribution in [0.2, 0.25) is 0 Å². The van der Waals surface area contributed by atoms with Gasteiger partial charge in [-0.25, -0.2) is 0 Å². The lowest BCUT2D eigenvalue weighted by molar-refractivity contribution is 0.403. The molecular formula is C14H19NO2. The van der Waals surface area contributed by atoms with Crippen molar-refractivity contribution >= 4 is 5.69 Å². The normalized spacial score (nSPS) is 9.53. The second-order valence-corrected chi connectivity index (χ2v) is 3.52. The van der Waals surface area contributed by atoms with E-state index in [0.29, 0.717) is 0 Å². The molecule has 0 radical (unpaired) electrons. The van der Waals surface area contributed by atoms with Gasteiger partial charge >= 0.3 is 0 Å². The standard InChI is InChI=1S/C14H19NO2/c1-5-9-15(10-6-2)13-11-12(16-3)7-8-14(13)17-4/h5-8,11H,1-2,9-10H2,3-4H3. The third-order valence-electron chi connectivity index (χ3n) is 2.43. The number of hydrogen-bond acceptors (Lipinski definition) is 3. The molecule has 17 heavy (non-hydrogen) atoms. The number of methoxy groups -OCH3 is 2. The molecule has 0 aliphatic carbocycles. The Labute approximate surface area is 103 Å². The minimum Gasteiger partial charge on any atom is -0.497 e. The Morgan fingerprint density at radius 2 is 1.76 bits per heavy atom. The molecule has 0 aliphatic rings. The first-order chi connectivity index (χ1) is 8.26. The fraction of sp³-hybridized carbons (Fsp3) is 0.286. The van der Waals surface area contributed by atoms with Crippen LogP contribution in [-0.4, -0.2) is 27.3 Å². The van der Waals surface area contributed by atoms with Gasteiger partial charge in [0.2, 0.25) is 0 Å². The van der Waals surface area contributed by atoms with Gasteiger partial charge in [0.05, 0.1) is 19.9 Å². The smallest absolute Gasteiger partial charge is 0.142 e. The van der Waals surface area contributed by atoms with Crippen LogP contribution in [0.15, 0.2) is 43.5 Å². The summed E-state index contributed by atoms with van der Waals surface area (Å²) in [6.07, 6.45) is 3.70. The van der Waals surface area contributed by atoms with Crippen LogP contribution in [0.3, 0.4) is 0 Å². The number of rotatable bonds is 7. The highest BCUT2D eigenvalue weighted by atomic mass is 16.5. The second-order valence-electron chi connectivity index (χ2n) is 3.52. The van der Waals surface area contributed by atoms with E-state index in [1.165, 1.54) is 0 Å². The molecule has 0 aliphatic heterocycles. The van der Waals surface area contributed by atoms with Crippen LogP contribution in [0.5, 0.6) is 11.5 Å². The third-order valence-corrected chi connectivity index (χ3v) is 2.43. The maximum Gasteiger partial charge on any atom is 0.142 e. The van der Waals surface area contributed by atoms with Crippen LogP contribution in [0.25, 0.3) is 0 Å². The monoisotopic (exact) mass is 233 g/mol. The number of benzene rings is 1. The van der Waals surface area contributed by atoms with Crippen molar-refractivity contribution < 1.29 is 9.47 Å². The summed E-state index contributed by atoms with van der Waals surface area (Å²) in [5.74, 6) is 1.62. The molecule has 0 aromatic heterocycles. The van der Waals surface area contributed by atoms with Crippen molar-refractivity contribution in [2.75, 3.05) is 32.2 Å². The summed E-state index contributed by atoms with van der Waals surface area (Å²) in [6.45, 7) is 8.98.